The number of fused-ring (bicyclic) bond motifs is 1. The van der Waals surface area contributed by atoms with Gasteiger partial charge in [-0.3, -0.25) is 14.8 Å². The minimum Gasteiger partial charge on any atom is -0.505 e. The number of pyridine rings is 2. The van der Waals surface area contributed by atoms with Crippen molar-refractivity contribution in [2.45, 2.75) is 0 Å². The Bertz CT molecular complexity index is 781. The number of amides is 1. The van der Waals surface area contributed by atoms with E-state index in [1.807, 2.05) is 24.3 Å². The quantitative estimate of drug-likeness (QED) is 0.746. The van der Waals surface area contributed by atoms with E-state index >= 15 is 0 Å². The molecule has 2 N–H and O–H groups in total. The highest BCUT2D eigenvalue weighted by atomic mass is 16.3. The van der Waals surface area contributed by atoms with E-state index in [9.17, 15) is 9.90 Å². The zero-order valence-electron chi connectivity index (χ0n) is 10.4. The highest BCUT2D eigenvalue weighted by Gasteiger charge is 2.12. The molecule has 0 aliphatic carbocycles. The van der Waals surface area contributed by atoms with Crippen LogP contribution in [0, 0.1) is 0 Å². The Morgan fingerprint density at radius 3 is 2.85 bits per heavy atom. The summed E-state index contributed by atoms with van der Waals surface area (Å²) in [5.41, 5.74) is 1.63. The second-order valence-corrected chi connectivity index (χ2v) is 4.22. The van der Waals surface area contributed by atoms with Crippen molar-refractivity contribution in [3.05, 3.63) is 60.6 Å². The molecule has 20 heavy (non-hydrogen) atoms. The number of hydrogen-bond donors (Lipinski definition) is 2. The summed E-state index contributed by atoms with van der Waals surface area (Å²) in [6, 6.07) is 10.6. The average molecular weight is 265 g/mol. The Balaban J connectivity index is 1.98. The van der Waals surface area contributed by atoms with E-state index < -0.39 is 0 Å². The van der Waals surface area contributed by atoms with E-state index in [-0.39, 0.29) is 17.2 Å². The van der Waals surface area contributed by atoms with Gasteiger partial charge >= 0.3 is 0 Å². The Morgan fingerprint density at radius 1 is 1.10 bits per heavy atom. The van der Waals surface area contributed by atoms with E-state index in [4.69, 9.17) is 0 Å². The molecule has 0 atom stereocenters. The molecule has 1 amide bonds. The van der Waals surface area contributed by atoms with Gasteiger partial charge in [-0.15, -0.1) is 0 Å². The van der Waals surface area contributed by atoms with Gasteiger partial charge in [0.25, 0.3) is 5.91 Å². The molecule has 2 aromatic heterocycles. The topological polar surface area (TPSA) is 75.1 Å². The van der Waals surface area contributed by atoms with E-state index in [1.54, 1.807) is 12.3 Å². The lowest BCUT2D eigenvalue weighted by molar-refractivity contribution is 0.102. The number of nitrogens with zero attached hydrogens (tertiary/aromatic N) is 2. The second-order valence-electron chi connectivity index (χ2n) is 4.22. The van der Waals surface area contributed by atoms with Gasteiger partial charge in [-0.05, 0) is 30.3 Å². The average Bonchev–Trinajstić information content (AvgIpc) is 2.48. The number of aromatic nitrogens is 2. The first-order valence-electron chi connectivity index (χ1n) is 6.04. The summed E-state index contributed by atoms with van der Waals surface area (Å²) in [5, 5.41) is 13.3. The molecule has 0 aliphatic heterocycles. The van der Waals surface area contributed by atoms with E-state index in [1.165, 1.54) is 18.5 Å². The van der Waals surface area contributed by atoms with Gasteiger partial charge in [0, 0.05) is 17.8 Å². The lowest BCUT2D eigenvalue weighted by atomic mass is 10.1. The lowest BCUT2D eigenvalue weighted by Crippen LogP contribution is -2.12. The molecule has 1 aromatic carbocycles. The maximum atomic E-state index is 12.2. The first kappa shape index (κ1) is 12.1. The van der Waals surface area contributed by atoms with Gasteiger partial charge in [-0.2, -0.15) is 0 Å². The molecule has 3 rings (SSSR count). The van der Waals surface area contributed by atoms with Crippen molar-refractivity contribution in [1.29, 1.82) is 0 Å². The Hall–Kier alpha value is -2.95. The molecule has 0 spiro atoms. The summed E-state index contributed by atoms with van der Waals surface area (Å²) < 4.78 is 0. The third kappa shape index (κ3) is 2.16. The molecule has 0 radical (unpaired) electrons. The van der Waals surface area contributed by atoms with Crippen molar-refractivity contribution in [3.63, 3.8) is 0 Å². The fraction of sp³-hybridized carbons (Fsp3) is 0. The molecule has 3 aromatic rings. The summed E-state index contributed by atoms with van der Waals surface area (Å²) in [6.07, 6.45) is 4.39. The molecule has 0 saturated heterocycles. The van der Waals surface area contributed by atoms with Crippen LogP contribution in [0.1, 0.15) is 10.4 Å². The molecule has 0 bridgehead atoms. The normalized spacial score (nSPS) is 10.4. The highest BCUT2D eigenvalue weighted by molar-refractivity contribution is 6.09. The number of anilines is 1. The zero-order valence-corrected chi connectivity index (χ0v) is 10.4. The zero-order chi connectivity index (χ0) is 13.9. The van der Waals surface area contributed by atoms with Crippen LogP contribution in [-0.4, -0.2) is 21.0 Å². The number of nitrogens with one attached hydrogen (secondary N) is 1. The van der Waals surface area contributed by atoms with Gasteiger partial charge in [0.2, 0.25) is 0 Å². The monoisotopic (exact) mass is 265 g/mol. The number of carbonyl (C=O) groups is 1. The fourth-order valence-electron chi connectivity index (χ4n) is 1.98. The van der Waals surface area contributed by atoms with Crippen molar-refractivity contribution in [3.8, 4) is 5.75 Å². The van der Waals surface area contributed by atoms with E-state index in [0.29, 0.717) is 5.69 Å². The minimum atomic E-state index is -0.388. The summed E-state index contributed by atoms with van der Waals surface area (Å²) in [5.74, 6) is -0.537. The first-order valence-corrected chi connectivity index (χ1v) is 6.04. The molecule has 0 fully saturated rings. The fourth-order valence-corrected chi connectivity index (χ4v) is 1.98. The van der Waals surface area contributed by atoms with Crippen molar-refractivity contribution >= 4 is 22.5 Å². The number of carbonyl (C=O) groups excluding carboxylic acids is 1. The molecule has 0 saturated carbocycles. The molecule has 98 valence electrons. The minimum absolute atomic E-state index is 0.150. The molecular formula is C15H11N3O2. The SMILES string of the molecule is O=C(Nc1cccc2ncccc12)c1ccncc1O. The van der Waals surface area contributed by atoms with Crippen LogP contribution in [0.2, 0.25) is 0 Å². The van der Waals surface area contributed by atoms with Crippen molar-refractivity contribution in [2.75, 3.05) is 5.32 Å². The van der Waals surface area contributed by atoms with Crippen LogP contribution in [0.5, 0.6) is 5.75 Å². The van der Waals surface area contributed by atoms with Crippen LogP contribution >= 0.6 is 0 Å². The predicted molar refractivity (Wildman–Crippen MR) is 75.6 cm³/mol. The largest absolute Gasteiger partial charge is 0.505 e. The lowest BCUT2D eigenvalue weighted by Gasteiger charge is -2.08. The summed E-state index contributed by atoms with van der Waals surface area (Å²) in [7, 11) is 0. The van der Waals surface area contributed by atoms with Gasteiger partial charge < -0.3 is 10.4 Å². The molecule has 0 unspecified atom stereocenters. The molecule has 0 aliphatic rings. The number of hydrogen-bond acceptors (Lipinski definition) is 4. The second kappa shape index (κ2) is 4.97. The molecule has 2 heterocycles. The van der Waals surface area contributed by atoms with Crippen LogP contribution in [0.15, 0.2) is 55.0 Å². The standard InChI is InChI=1S/C15H11N3O2/c19-14-9-16-8-6-11(14)15(20)18-13-5-1-4-12-10(13)3-2-7-17-12/h1-9,19H,(H,18,20). The maximum absolute atomic E-state index is 12.2. The van der Waals surface area contributed by atoms with Gasteiger partial charge in [-0.25, -0.2) is 0 Å². The van der Waals surface area contributed by atoms with E-state index in [2.05, 4.69) is 15.3 Å². The van der Waals surface area contributed by atoms with Crippen molar-refractivity contribution < 1.29 is 9.90 Å². The van der Waals surface area contributed by atoms with Crippen LogP contribution in [0.25, 0.3) is 10.9 Å². The Morgan fingerprint density at radius 2 is 2.00 bits per heavy atom. The van der Waals surface area contributed by atoms with Crippen LogP contribution in [0.4, 0.5) is 5.69 Å². The summed E-state index contributed by atoms with van der Waals surface area (Å²) >= 11 is 0. The van der Waals surface area contributed by atoms with Crippen molar-refractivity contribution in [1.82, 2.24) is 9.97 Å². The van der Waals surface area contributed by atoms with Crippen LogP contribution < -0.4 is 5.32 Å². The van der Waals surface area contributed by atoms with Crippen LogP contribution in [0.3, 0.4) is 0 Å². The van der Waals surface area contributed by atoms with Gasteiger partial charge in [-0.1, -0.05) is 6.07 Å². The number of aromatic hydroxyl groups is 1. The summed E-state index contributed by atoms with van der Waals surface area (Å²) in [6.45, 7) is 0. The Kier molecular flexibility index (Phi) is 3.01. The smallest absolute Gasteiger partial charge is 0.259 e. The number of rotatable bonds is 2. The Labute approximate surface area is 114 Å². The highest BCUT2D eigenvalue weighted by Crippen LogP contribution is 2.23. The van der Waals surface area contributed by atoms with Gasteiger partial charge in [0.15, 0.2) is 0 Å². The number of benzene rings is 1. The molecule has 5 nitrogen and oxygen atoms in total. The molecular weight excluding hydrogens is 254 g/mol. The van der Waals surface area contributed by atoms with Gasteiger partial charge in [0.1, 0.15) is 5.75 Å². The van der Waals surface area contributed by atoms with Crippen LogP contribution in [-0.2, 0) is 0 Å². The predicted octanol–water partition coefficient (Wildman–Crippen LogP) is 2.59. The van der Waals surface area contributed by atoms with Gasteiger partial charge in [0.05, 0.1) is 23.0 Å². The first-order chi connectivity index (χ1) is 9.75. The summed E-state index contributed by atoms with van der Waals surface area (Å²) in [4.78, 5) is 20.1. The van der Waals surface area contributed by atoms with Crippen molar-refractivity contribution in [2.24, 2.45) is 0 Å². The molecule has 5 heteroatoms. The maximum Gasteiger partial charge on any atom is 0.259 e. The van der Waals surface area contributed by atoms with E-state index in [0.717, 1.165) is 10.9 Å². The third-order valence-electron chi connectivity index (χ3n) is 2.94. The third-order valence-corrected chi connectivity index (χ3v) is 2.94.